The number of piperidine rings is 1. The van der Waals surface area contributed by atoms with Crippen molar-refractivity contribution in [2.24, 2.45) is 5.73 Å². The number of hydrogen-bond acceptors (Lipinski definition) is 5. The van der Waals surface area contributed by atoms with Crippen molar-refractivity contribution in [1.82, 2.24) is 10.2 Å². The van der Waals surface area contributed by atoms with Gasteiger partial charge in [0.2, 0.25) is 0 Å². The Morgan fingerprint density at radius 1 is 0.946 bits per heavy atom. The lowest BCUT2D eigenvalue weighted by Crippen LogP contribution is -2.34. The van der Waals surface area contributed by atoms with E-state index in [9.17, 15) is 4.79 Å². The van der Waals surface area contributed by atoms with Gasteiger partial charge in [-0.2, -0.15) is 5.10 Å². The lowest BCUT2D eigenvalue weighted by molar-refractivity contribution is 0.100. The van der Waals surface area contributed by atoms with E-state index in [-0.39, 0.29) is 6.10 Å². The summed E-state index contributed by atoms with van der Waals surface area (Å²) in [6.07, 6.45) is 6.75. The average Bonchev–Trinajstić information content (AvgIpc) is 3.58. The van der Waals surface area contributed by atoms with Crippen molar-refractivity contribution in [2.75, 3.05) is 23.7 Å². The molecule has 1 amide bonds. The number of amides is 1. The Labute approximate surface area is 216 Å². The van der Waals surface area contributed by atoms with Gasteiger partial charge in [0.25, 0.3) is 5.91 Å². The predicted octanol–water partition coefficient (Wildman–Crippen LogP) is 5.62. The molecule has 1 saturated carbocycles. The van der Waals surface area contributed by atoms with Crippen LogP contribution < -0.4 is 21.1 Å². The number of benzene rings is 3. The van der Waals surface area contributed by atoms with Crippen LogP contribution in [-0.4, -0.2) is 35.3 Å². The third kappa shape index (κ3) is 4.61. The van der Waals surface area contributed by atoms with E-state index in [1.54, 1.807) is 0 Å². The van der Waals surface area contributed by atoms with Gasteiger partial charge in [-0.15, -0.1) is 0 Å². The van der Waals surface area contributed by atoms with Gasteiger partial charge in [-0.25, -0.2) is 0 Å². The zero-order valence-electron chi connectivity index (χ0n) is 21.0. The Kier molecular flexibility index (Phi) is 6.20. The number of nitrogens with zero attached hydrogens (tertiary/aromatic N) is 2. The van der Waals surface area contributed by atoms with Gasteiger partial charge in [-0.1, -0.05) is 36.4 Å². The van der Waals surface area contributed by atoms with Crippen LogP contribution in [0.4, 0.5) is 11.5 Å². The van der Waals surface area contributed by atoms with Gasteiger partial charge in [0, 0.05) is 13.1 Å². The summed E-state index contributed by atoms with van der Waals surface area (Å²) in [5.41, 5.74) is 17.6. The molecule has 190 valence electrons. The summed E-state index contributed by atoms with van der Waals surface area (Å²) in [5, 5.41) is 8.11. The first-order valence-electron chi connectivity index (χ1n) is 13.2. The number of fused-ring (bicyclic) bond motifs is 1. The monoisotopic (exact) mass is 495 g/mol. The number of aromatic nitrogens is 2. The van der Waals surface area contributed by atoms with Crippen LogP contribution in [0.5, 0.6) is 5.75 Å². The molecule has 3 aromatic carbocycles. The Morgan fingerprint density at radius 3 is 2.43 bits per heavy atom. The second-order valence-electron chi connectivity index (χ2n) is 10.3. The third-order valence-corrected chi connectivity index (χ3v) is 7.95. The number of hydrogen-bond donors (Lipinski definition) is 3. The van der Waals surface area contributed by atoms with Crippen LogP contribution in [0.2, 0.25) is 0 Å². The highest BCUT2D eigenvalue weighted by atomic mass is 16.5. The van der Waals surface area contributed by atoms with E-state index in [4.69, 9.17) is 16.2 Å². The van der Waals surface area contributed by atoms with Crippen LogP contribution in [0.1, 0.15) is 60.4 Å². The first kappa shape index (κ1) is 23.4. The molecule has 37 heavy (non-hydrogen) atoms. The van der Waals surface area contributed by atoms with E-state index in [1.807, 2.05) is 18.2 Å². The van der Waals surface area contributed by atoms with Crippen LogP contribution in [0.15, 0.2) is 60.7 Å². The summed E-state index contributed by atoms with van der Waals surface area (Å²) in [4.78, 5) is 14.7. The highest BCUT2D eigenvalue weighted by molar-refractivity contribution is 6.01. The zero-order valence-corrected chi connectivity index (χ0v) is 21.0. The highest BCUT2D eigenvalue weighted by Crippen LogP contribution is 2.39. The molecule has 1 saturated heterocycles. The molecule has 2 aliphatic rings. The Hall–Kier alpha value is -4.00. The van der Waals surface area contributed by atoms with Crippen molar-refractivity contribution in [3.8, 4) is 16.9 Å². The molecule has 7 heteroatoms. The maximum Gasteiger partial charge on any atom is 0.250 e. The van der Waals surface area contributed by atoms with Crippen LogP contribution in [0, 0.1) is 0 Å². The Bertz CT molecular complexity index is 1420. The molecule has 1 aromatic heterocycles. The van der Waals surface area contributed by atoms with Crippen LogP contribution in [-0.2, 0) is 0 Å². The summed E-state index contributed by atoms with van der Waals surface area (Å²) >= 11 is 0. The maximum absolute atomic E-state index is 12.4. The number of aromatic amines is 1. The Morgan fingerprint density at radius 2 is 1.70 bits per heavy atom. The minimum Gasteiger partial charge on any atom is -0.490 e. The second kappa shape index (κ2) is 9.81. The van der Waals surface area contributed by atoms with Gasteiger partial charge >= 0.3 is 0 Å². The molecule has 4 aromatic rings. The molecule has 0 spiro atoms. The van der Waals surface area contributed by atoms with E-state index in [0.717, 1.165) is 72.2 Å². The van der Waals surface area contributed by atoms with Crippen LogP contribution in [0.25, 0.3) is 22.0 Å². The number of primary amides is 1. The number of ether oxygens (including phenoxy) is 1. The molecule has 0 radical (unpaired) electrons. The van der Waals surface area contributed by atoms with E-state index in [1.165, 1.54) is 18.4 Å². The number of anilines is 2. The van der Waals surface area contributed by atoms with Gasteiger partial charge in [-0.05, 0) is 85.4 Å². The summed E-state index contributed by atoms with van der Waals surface area (Å²) in [7, 11) is 0. The van der Waals surface area contributed by atoms with Gasteiger partial charge in [-0.3, -0.25) is 9.89 Å². The molecule has 0 unspecified atom stereocenters. The number of carbonyl (C=O) groups excluding carboxylic acids is 1. The Balaban J connectivity index is 1.33. The lowest BCUT2D eigenvalue weighted by atomic mass is 9.89. The molecule has 2 fully saturated rings. The van der Waals surface area contributed by atoms with Gasteiger partial charge in [0.1, 0.15) is 5.75 Å². The average molecular weight is 496 g/mol. The van der Waals surface area contributed by atoms with Crippen molar-refractivity contribution in [3.63, 3.8) is 0 Å². The molecule has 6 rings (SSSR count). The second-order valence-corrected chi connectivity index (χ2v) is 10.3. The largest absolute Gasteiger partial charge is 0.490 e. The number of nitrogens with one attached hydrogen (secondary N) is 1. The summed E-state index contributed by atoms with van der Waals surface area (Å²) in [6, 6.07) is 20.7. The fraction of sp³-hybridized carbons (Fsp3) is 0.333. The molecule has 1 aliphatic carbocycles. The first-order chi connectivity index (χ1) is 18.1. The van der Waals surface area contributed by atoms with Crippen molar-refractivity contribution >= 4 is 28.3 Å². The SMILES string of the molecule is NC(=O)c1ccc(-c2cc(OC3CCCC3)c3c(N)n[nH]c3c2)cc1N1CCC(c2ccccc2)CC1. The first-order valence-corrected chi connectivity index (χ1v) is 13.2. The predicted molar refractivity (Wildman–Crippen MR) is 148 cm³/mol. The standard InChI is InChI=1S/C30H33N5O2/c31-29-28-25(33-34-29)16-22(18-27(28)37-23-8-4-5-9-23)21-10-11-24(30(32)36)26(17-21)35-14-12-20(13-15-35)19-6-2-1-3-7-19/h1-3,6-7,10-11,16-18,20,23H,4-5,8-9,12-15H2,(H2,32,36)(H3,31,33,34). The molecular formula is C30H33N5O2. The normalized spacial score (nSPS) is 16.9. The van der Waals surface area contributed by atoms with E-state index in [2.05, 4.69) is 57.6 Å². The van der Waals surface area contributed by atoms with E-state index >= 15 is 0 Å². The molecular weight excluding hydrogens is 462 g/mol. The minimum atomic E-state index is -0.409. The highest BCUT2D eigenvalue weighted by Gasteiger charge is 2.25. The van der Waals surface area contributed by atoms with Gasteiger partial charge in [0.05, 0.1) is 28.3 Å². The third-order valence-electron chi connectivity index (χ3n) is 7.95. The van der Waals surface area contributed by atoms with Crippen molar-refractivity contribution in [2.45, 2.75) is 50.5 Å². The molecule has 1 aliphatic heterocycles. The summed E-state index contributed by atoms with van der Waals surface area (Å²) < 4.78 is 6.43. The van der Waals surface area contributed by atoms with Gasteiger partial charge < -0.3 is 21.1 Å². The van der Waals surface area contributed by atoms with E-state index < -0.39 is 5.91 Å². The van der Waals surface area contributed by atoms with E-state index in [0.29, 0.717) is 17.3 Å². The molecule has 0 bridgehead atoms. The van der Waals surface area contributed by atoms with Crippen molar-refractivity contribution in [1.29, 1.82) is 0 Å². The minimum absolute atomic E-state index is 0.200. The maximum atomic E-state index is 12.4. The summed E-state index contributed by atoms with van der Waals surface area (Å²) in [6.45, 7) is 1.74. The molecule has 7 nitrogen and oxygen atoms in total. The van der Waals surface area contributed by atoms with Gasteiger partial charge in [0.15, 0.2) is 5.82 Å². The van der Waals surface area contributed by atoms with Crippen LogP contribution in [0.3, 0.4) is 0 Å². The number of carbonyl (C=O) groups is 1. The smallest absolute Gasteiger partial charge is 0.250 e. The molecule has 2 heterocycles. The number of H-pyrrole nitrogens is 1. The number of nitrogen functional groups attached to an aromatic ring is 1. The topological polar surface area (TPSA) is 110 Å². The fourth-order valence-corrected chi connectivity index (χ4v) is 5.95. The van der Waals surface area contributed by atoms with Crippen molar-refractivity contribution in [3.05, 3.63) is 71.8 Å². The number of rotatable bonds is 6. The van der Waals surface area contributed by atoms with Crippen LogP contribution >= 0.6 is 0 Å². The fourth-order valence-electron chi connectivity index (χ4n) is 5.95. The van der Waals surface area contributed by atoms with Crippen molar-refractivity contribution < 1.29 is 9.53 Å². The quantitative estimate of drug-likeness (QED) is 0.322. The summed E-state index contributed by atoms with van der Waals surface area (Å²) in [5.74, 6) is 1.32. The zero-order chi connectivity index (χ0) is 25.4. The lowest BCUT2D eigenvalue weighted by Gasteiger charge is -2.35. The molecule has 0 atom stereocenters. The molecule has 5 N–H and O–H groups in total. The number of nitrogens with two attached hydrogens (primary N) is 2.